The molecule has 23 heavy (non-hydrogen) atoms. The Morgan fingerprint density at radius 2 is 2.26 bits per heavy atom. The van der Waals surface area contributed by atoms with Crippen molar-refractivity contribution in [2.45, 2.75) is 19.3 Å². The lowest BCUT2D eigenvalue weighted by atomic mass is 9.95. The van der Waals surface area contributed by atoms with Crippen molar-refractivity contribution in [1.29, 1.82) is 0 Å². The van der Waals surface area contributed by atoms with E-state index in [1.807, 2.05) is 18.2 Å². The van der Waals surface area contributed by atoms with Gasteiger partial charge >= 0.3 is 0 Å². The predicted molar refractivity (Wildman–Crippen MR) is 87.1 cm³/mol. The quantitative estimate of drug-likeness (QED) is 0.885. The van der Waals surface area contributed by atoms with Gasteiger partial charge < -0.3 is 15.8 Å². The van der Waals surface area contributed by atoms with Crippen LogP contribution in [-0.2, 0) is 4.79 Å². The van der Waals surface area contributed by atoms with Crippen molar-refractivity contribution >= 4 is 11.6 Å². The number of rotatable bonds is 5. The molecule has 3 N–H and O–H groups in total. The summed E-state index contributed by atoms with van der Waals surface area (Å²) in [4.78, 5) is 20.4. The number of hydrogen-bond acceptors (Lipinski definition) is 5. The largest absolute Gasteiger partial charge is 0.437 e. The van der Waals surface area contributed by atoms with Gasteiger partial charge in [0.05, 0.1) is 6.20 Å². The fourth-order valence-electron chi connectivity index (χ4n) is 3.00. The zero-order chi connectivity index (χ0) is 16.1. The van der Waals surface area contributed by atoms with Crippen molar-refractivity contribution in [2.24, 2.45) is 17.6 Å². The number of nitrogens with two attached hydrogens (primary N) is 1. The van der Waals surface area contributed by atoms with Gasteiger partial charge in [-0.15, -0.1) is 0 Å². The molecule has 0 radical (unpaired) electrons. The molecule has 0 aliphatic heterocycles. The average molecular weight is 312 g/mol. The Kier molecular flexibility index (Phi) is 4.83. The molecule has 0 spiro atoms. The molecular formula is C17H20N4O2. The molecule has 0 unspecified atom stereocenters. The summed E-state index contributed by atoms with van der Waals surface area (Å²) in [6.45, 7) is 0.563. The van der Waals surface area contributed by atoms with Crippen LogP contribution in [0.25, 0.3) is 0 Å². The molecule has 120 valence electrons. The minimum absolute atomic E-state index is 0.00423. The van der Waals surface area contributed by atoms with Gasteiger partial charge in [-0.3, -0.25) is 9.78 Å². The Morgan fingerprint density at radius 1 is 1.35 bits per heavy atom. The summed E-state index contributed by atoms with van der Waals surface area (Å²) < 4.78 is 5.62. The number of hydrogen-bond donors (Lipinski definition) is 2. The lowest BCUT2D eigenvalue weighted by Crippen LogP contribution is -2.29. The molecule has 3 rings (SSSR count). The van der Waals surface area contributed by atoms with E-state index in [1.54, 1.807) is 18.5 Å². The molecule has 6 heteroatoms. The monoisotopic (exact) mass is 312 g/mol. The topological polar surface area (TPSA) is 90.1 Å². The zero-order valence-electron chi connectivity index (χ0n) is 12.8. The number of nitrogens with one attached hydrogen (secondary N) is 1. The van der Waals surface area contributed by atoms with Crippen LogP contribution in [0.5, 0.6) is 11.6 Å². The smallest absolute Gasteiger partial charge is 0.237 e. The van der Waals surface area contributed by atoms with Crippen molar-refractivity contribution in [2.75, 3.05) is 11.9 Å². The standard InChI is InChI=1S/C17H20N4O2/c18-10-12-3-1-6-15(12)17(22)21-13-4-2-5-14(9-13)23-16-11-19-7-8-20-16/h2,4-5,7-9,11-12,15H,1,3,6,10,18H2,(H,21,22)/t12-,15-/m1/s1. The van der Waals surface area contributed by atoms with Gasteiger partial charge in [-0.1, -0.05) is 12.5 Å². The minimum Gasteiger partial charge on any atom is -0.437 e. The van der Waals surface area contributed by atoms with Crippen LogP contribution in [0.4, 0.5) is 5.69 Å². The number of carbonyl (C=O) groups is 1. The van der Waals surface area contributed by atoms with Crippen LogP contribution in [0.1, 0.15) is 19.3 Å². The van der Waals surface area contributed by atoms with E-state index in [2.05, 4.69) is 15.3 Å². The van der Waals surface area contributed by atoms with E-state index in [0.717, 1.165) is 19.3 Å². The Morgan fingerprint density at radius 3 is 3.04 bits per heavy atom. The molecule has 2 aromatic rings. The minimum atomic E-state index is 0.00423. The Labute approximate surface area is 135 Å². The van der Waals surface area contributed by atoms with E-state index in [1.165, 1.54) is 6.20 Å². The number of nitrogens with zero attached hydrogens (tertiary/aromatic N) is 2. The molecule has 1 aromatic heterocycles. The highest BCUT2D eigenvalue weighted by atomic mass is 16.5. The number of anilines is 1. The van der Waals surface area contributed by atoms with E-state index in [4.69, 9.17) is 10.5 Å². The number of aromatic nitrogens is 2. The van der Waals surface area contributed by atoms with E-state index < -0.39 is 0 Å². The molecule has 1 aliphatic carbocycles. The highest BCUT2D eigenvalue weighted by molar-refractivity contribution is 5.93. The van der Waals surface area contributed by atoms with Crippen molar-refractivity contribution < 1.29 is 9.53 Å². The maximum absolute atomic E-state index is 12.4. The van der Waals surface area contributed by atoms with Gasteiger partial charge in [0.2, 0.25) is 11.8 Å². The maximum Gasteiger partial charge on any atom is 0.237 e. The summed E-state index contributed by atoms with van der Waals surface area (Å²) in [5.74, 6) is 1.34. The lowest BCUT2D eigenvalue weighted by molar-refractivity contribution is -0.120. The van der Waals surface area contributed by atoms with Crippen LogP contribution in [0.2, 0.25) is 0 Å². The third kappa shape index (κ3) is 3.84. The van der Waals surface area contributed by atoms with E-state index in [0.29, 0.717) is 23.9 Å². The summed E-state index contributed by atoms with van der Waals surface area (Å²) in [6, 6.07) is 7.26. The number of amides is 1. The van der Waals surface area contributed by atoms with E-state index in [-0.39, 0.29) is 17.7 Å². The third-order valence-corrected chi connectivity index (χ3v) is 4.16. The van der Waals surface area contributed by atoms with Gasteiger partial charge in [0, 0.05) is 30.1 Å². The van der Waals surface area contributed by atoms with Crippen molar-refractivity contribution in [3.63, 3.8) is 0 Å². The van der Waals surface area contributed by atoms with Crippen molar-refractivity contribution in [3.8, 4) is 11.6 Å². The molecule has 1 saturated carbocycles. The highest BCUT2D eigenvalue weighted by Gasteiger charge is 2.31. The fraction of sp³-hybridized carbons (Fsp3) is 0.353. The number of carbonyl (C=O) groups excluding carboxylic acids is 1. The van der Waals surface area contributed by atoms with Gasteiger partial charge in [-0.05, 0) is 37.4 Å². The van der Waals surface area contributed by atoms with Gasteiger partial charge in [0.1, 0.15) is 5.75 Å². The fourth-order valence-corrected chi connectivity index (χ4v) is 3.00. The van der Waals surface area contributed by atoms with E-state index >= 15 is 0 Å². The molecule has 2 atom stereocenters. The molecule has 1 aliphatic rings. The second-order valence-corrected chi connectivity index (χ2v) is 5.70. The highest BCUT2D eigenvalue weighted by Crippen LogP contribution is 2.32. The van der Waals surface area contributed by atoms with Gasteiger partial charge in [0.25, 0.3) is 0 Å². The van der Waals surface area contributed by atoms with Crippen LogP contribution < -0.4 is 15.8 Å². The van der Waals surface area contributed by atoms with Gasteiger partial charge in [-0.2, -0.15) is 0 Å². The van der Waals surface area contributed by atoms with Crippen molar-refractivity contribution in [1.82, 2.24) is 9.97 Å². The summed E-state index contributed by atoms with van der Waals surface area (Å²) >= 11 is 0. The molecular weight excluding hydrogens is 292 g/mol. The number of ether oxygens (including phenoxy) is 1. The van der Waals surface area contributed by atoms with Crippen LogP contribution in [0.3, 0.4) is 0 Å². The molecule has 6 nitrogen and oxygen atoms in total. The second-order valence-electron chi connectivity index (χ2n) is 5.70. The van der Waals surface area contributed by atoms with Crippen LogP contribution in [0.15, 0.2) is 42.9 Å². The second kappa shape index (κ2) is 7.19. The average Bonchev–Trinajstić information content (AvgIpc) is 3.05. The van der Waals surface area contributed by atoms with E-state index in [9.17, 15) is 4.79 Å². The first-order chi connectivity index (χ1) is 11.3. The zero-order valence-corrected chi connectivity index (χ0v) is 12.8. The van der Waals surface area contributed by atoms with Gasteiger partial charge in [-0.25, -0.2) is 4.98 Å². The SMILES string of the molecule is NC[C@H]1CCC[C@H]1C(=O)Nc1cccc(Oc2cnccn2)c1. The third-order valence-electron chi connectivity index (χ3n) is 4.16. The summed E-state index contributed by atoms with van der Waals surface area (Å²) in [5.41, 5.74) is 6.46. The molecule has 1 aromatic carbocycles. The van der Waals surface area contributed by atoms with Crippen molar-refractivity contribution in [3.05, 3.63) is 42.9 Å². The maximum atomic E-state index is 12.4. The first-order valence-corrected chi connectivity index (χ1v) is 7.81. The Hall–Kier alpha value is -2.47. The predicted octanol–water partition coefficient (Wildman–Crippen LogP) is 2.58. The molecule has 1 fully saturated rings. The van der Waals surface area contributed by atoms with Gasteiger partial charge in [0.15, 0.2) is 0 Å². The molecule has 0 bridgehead atoms. The van der Waals surface area contributed by atoms with Crippen LogP contribution >= 0.6 is 0 Å². The molecule has 1 amide bonds. The summed E-state index contributed by atoms with van der Waals surface area (Å²) in [7, 11) is 0. The first kappa shape index (κ1) is 15.4. The lowest BCUT2D eigenvalue weighted by Gasteiger charge is -2.17. The Balaban J connectivity index is 1.66. The first-order valence-electron chi connectivity index (χ1n) is 7.81. The summed E-state index contributed by atoms with van der Waals surface area (Å²) in [6.07, 6.45) is 7.69. The summed E-state index contributed by atoms with van der Waals surface area (Å²) in [5, 5.41) is 2.96. The molecule has 1 heterocycles. The number of benzene rings is 1. The molecule has 0 saturated heterocycles. The Bertz CT molecular complexity index is 663. The van der Waals surface area contributed by atoms with Crippen LogP contribution in [0, 0.1) is 11.8 Å². The van der Waals surface area contributed by atoms with Crippen LogP contribution in [-0.4, -0.2) is 22.4 Å². The normalized spacial score (nSPS) is 20.2.